The molecule has 24 heavy (non-hydrogen) atoms. The lowest BCUT2D eigenvalue weighted by Crippen LogP contribution is -2.23. The van der Waals surface area contributed by atoms with Crippen molar-refractivity contribution in [3.8, 4) is 5.75 Å². The maximum absolute atomic E-state index is 11.9. The molecule has 0 N–H and O–H groups in total. The summed E-state index contributed by atoms with van der Waals surface area (Å²) < 4.78 is 5.72. The predicted molar refractivity (Wildman–Crippen MR) is 103 cm³/mol. The zero-order valence-corrected chi connectivity index (χ0v) is 16.7. The molecule has 1 aromatic rings. The predicted octanol–water partition coefficient (Wildman–Crippen LogP) is 6.28. The fourth-order valence-corrected chi connectivity index (χ4v) is 2.62. The first kappa shape index (κ1) is 20.5. The molecular formula is C22H34O2. The molecule has 0 bridgehead atoms. The number of esters is 1. The van der Waals surface area contributed by atoms with Gasteiger partial charge >= 0.3 is 5.97 Å². The fourth-order valence-electron chi connectivity index (χ4n) is 2.62. The maximum Gasteiger partial charge on any atom is 0.335 e. The average Bonchev–Trinajstić information content (AvgIpc) is 2.53. The molecule has 0 saturated heterocycles. The number of hydrogen-bond donors (Lipinski definition) is 0. The van der Waals surface area contributed by atoms with Crippen molar-refractivity contribution >= 4 is 5.97 Å². The van der Waals surface area contributed by atoms with Gasteiger partial charge in [-0.15, -0.1) is 0 Å². The Balaban J connectivity index is 3.77. The lowest BCUT2D eigenvalue weighted by molar-refractivity contribution is -0.129. The van der Waals surface area contributed by atoms with Crippen molar-refractivity contribution in [2.24, 2.45) is 0 Å². The van der Waals surface area contributed by atoms with E-state index >= 15 is 0 Å². The van der Waals surface area contributed by atoms with Crippen molar-refractivity contribution in [2.45, 2.75) is 85.0 Å². The van der Waals surface area contributed by atoms with E-state index < -0.39 is 5.97 Å². The van der Waals surface area contributed by atoms with Crippen molar-refractivity contribution in [1.29, 1.82) is 0 Å². The van der Waals surface area contributed by atoms with Crippen molar-refractivity contribution in [1.82, 2.24) is 0 Å². The highest BCUT2D eigenvalue weighted by Gasteiger charge is 2.30. The third kappa shape index (κ3) is 4.28. The van der Waals surface area contributed by atoms with Gasteiger partial charge in [-0.3, -0.25) is 0 Å². The van der Waals surface area contributed by atoms with Crippen molar-refractivity contribution in [3.63, 3.8) is 0 Å². The summed E-state index contributed by atoms with van der Waals surface area (Å²) in [6.07, 6.45) is 3.26. The van der Waals surface area contributed by atoms with Crippen LogP contribution in [0.1, 0.15) is 90.8 Å². The van der Waals surface area contributed by atoms with Crippen LogP contribution in [-0.4, -0.2) is 5.97 Å². The van der Waals surface area contributed by atoms with E-state index in [0.717, 1.165) is 29.7 Å². The number of carbonyl (C=O) groups excluding carboxylic acids is 1. The summed E-state index contributed by atoms with van der Waals surface area (Å²) in [7, 11) is 0. The Morgan fingerprint density at radius 3 is 2.08 bits per heavy atom. The van der Waals surface area contributed by atoms with Crippen LogP contribution >= 0.6 is 0 Å². The topological polar surface area (TPSA) is 26.3 Å². The quantitative estimate of drug-likeness (QED) is 0.334. The maximum atomic E-state index is 11.9. The van der Waals surface area contributed by atoms with Crippen LogP contribution in [0.4, 0.5) is 0 Å². The lowest BCUT2D eigenvalue weighted by atomic mass is 9.74. The Hall–Kier alpha value is -1.57. The van der Waals surface area contributed by atoms with Crippen LogP contribution in [0.2, 0.25) is 0 Å². The number of rotatable bonds is 7. The van der Waals surface area contributed by atoms with Gasteiger partial charge in [-0.05, 0) is 40.7 Å². The third-order valence-corrected chi connectivity index (χ3v) is 5.39. The van der Waals surface area contributed by atoms with E-state index in [2.05, 4.69) is 74.1 Å². The first-order valence-corrected chi connectivity index (χ1v) is 9.03. The normalized spacial score (nSPS) is 12.4. The molecule has 0 fully saturated rings. The molecule has 2 nitrogen and oxygen atoms in total. The molecule has 1 rings (SSSR count). The summed E-state index contributed by atoms with van der Waals surface area (Å²) in [5.74, 6) is 0.599. The highest BCUT2D eigenvalue weighted by molar-refractivity contribution is 5.84. The molecule has 0 aliphatic rings. The van der Waals surface area contributed by atoms with Crippen LogP contribution in [0.25, 0.3) is 0 Å². The molecule has 0 unspecified atom stereocenters. The Morgan fingerprint density at radius 1 is 1.12 bits per heavy atom. The molecule has 0 aliphatic heterocycles. The molecule has 0 saturated carbocycles. The van der Waals surface area contributed by atoms with Crippen LogP contribution in [0.15, 0.2) is 24.8 Å². The fraction of sp³-hybridized carbons (Fsp3) is 0.591. The van der Waals surface area contributed by atoms with Gasteiger partial charge in [0.15, 0.2) is 0 Å². The molecule has 0 spiro atoms. The minimum absolute atomic E-state index is 0.0692. The van der Waals surface area contributed by atoms with Gasteiger partial charge in [-0.1, -0.05) is 74.1 Å². The Bertz CT molecular complexity index is 607. The molecule has 2 heteroatoms. The molecule has 0 atom stereocenters. The molecule has 0 heterocycles. The van der Waals surface area contributed by atoms with Gasteiger partial charge in [0.05, 0.1) is 0 Å². The van der Waals surface area contributed by atoms with Gasteiger partial charge in [-0.2, -0.15) is 0 Å². The van der Waals surface area contributed by atoms with Gasteiger partial charge in [0.25, 0.3) is 0 Å². The van der Waals surface area contributed by atoms with Crippen LogP contribution in [0.5, 0.6) is 5.75 Å². The SMILES string of the molecule is C=CC(=O)Oc1c(C(C)C)cc(C(C)(C)CC)cc1C(C)(C)CC. The van der Waals surface area contributed by atoms with E-state index in [0.29, 0.717) is 0 Å². The molecule has 0 aliphatic carbocycles. The Morgan fingerprint density at radius 2 is 1.67 bits per heavy atom. The Kier molecular flexibility index (Phi) is 6.44. The van der Waals surface area contributed by atoms with Crippen molar-refractivity contribution < 1.29 is 9.53 Å². The number of hydrogen-bond acceptors (Lipinski definition) is 2. The number of carbonyl (C=O) groups is 1. The average molecular weight is 331 g/mol. The largest absolute Gasteiger partial charge is 0.423 e. The van der Waals surface area contributed by atoms with E-state index in [1.165, 1.54) is 11.6 Å². The minimum Gasteiger partial charge on any atom is -0.423 e. The third-order valence-electron chi connectivity index (χ3n) is 5.39. The van der Waals surface area contributed by atoms with Crippen LogP contribution in [0, 0.1) is 0 Å². The molecule has 1 aromatic carbocycles. The first-order chi connectivity index (χ1) is 11.0. The summed E-state index contributed by atoms with van der Waals surface area (Å²) >= 11 is 0. The highest BCUT2D eigenvalue weighted by Crippen LogP contribution is 2.43. The van der Waals surface area contributed by atoms with E-state index in [1.807, 2.05) is 0 Å². The smallest absolute Gasteiger partial charge is 0.335 e. The number of ether oxygens (including phenoxy) is 1. The van der Waals surface area contributed by atoms with Gasteiger partial charge in [0.1, 0.15) is 5.75 Å². The van der Waals surface area contributed by atoms with E-state index in [4.69, 9.17) is 4.74 Å². The van der Waals surface area contributed by atoms with Crippen LogP contribution in [-0.2, 0) is 15.6 Å². The summed E-state index contributed by atoms with van der Waals surface area (Å²) in [6, 6.07) is 4.46. The van der Waals surface area contributed by atoms with Crippen molar-refractivity contribution in [3.05, 3.63) is 41.5 Å². The Labute approximate surface area is 148 Å². The lowest BCUT2D eigenvalue weighted by Gasteiger charge is -2.32. The molecule has 0 aromatic heterocycles. The monoisotopic (exact) mass is 330 g/mol. The number of benzene rings is 1. The van der Waals surface area contributed by atoms with Gasteiger partial charge < -0.3 is 4.74 Å². The first-order valence-electron chi connectivity index (χ1n) is 9.03. The minimum atomic E-state index is -0.396. The standard InChI is InChI=1S/C22H34O2/c1-10-19(23)24-20-17(15(4)5)13-16(21(6,7)11-2)14-18(20)22(8,9)12-3/h10,13-15H,1,11-12H2,2-9H3. The van der Waals surface area contributed by atoms with Gasteiger partial charge in [0.2, 0.25) is 0 Å². The van der Waals surface area contributed by atoms with Gasteiger partial charge in [0, 0.05) is 11.6 Å². The molecule has 134 valence electrons. The zero-order valence-electron chi connectivity index (χ0n) is 16.7. The van der Waals surface area contributed by atoms with Crippen LogP contribution < -0.4 is 4.74 Å². The van der Waals surface area contributed by atoms with Crippen molar-refractivity contribution in [2.75, 3.05) is 0 Å². The summed E-state index contributed by atoms with van der Waals surface area (Å²) in [6.45, 7) is 21.2. The summed E-state index contributed by atoms with van der Waals surface area (Å²) in [5, 5.41) is 0. The van der Waals surface area contributed by atoms with E-state index in [9.17, 15) is 4.79 Å². The second kappa shape index (κ2) is 7.55. The molecule has 0 radical (unpaired) electrons. The summed E-state index contributed by atoms with van der Waals surface area (Å²) in [5.41, 5.74) is 3.54. The second-order valence-corrected chi connectivity index (χ2v) is 8.20. The van der Waals surface area contributed by atoms with E-state index in [1.54, 1.807) is 0 Å². The van der Waals surface area contributed by atoms with E-state index in [-0.39, 0.29) is 16.7 Å². The molecule has 0 amide bonds. The zero-order chi connectivity index (χ0) is 18.7. The second-order valence-electron chi connectivity index (χ2n) is 8.20. The van der Waals surface area contributed by atoms with Gasteiger partial charge in [-0.25, -0.2) is 4.79 Å². The highest BCUT2D eigenvalue weighted by atomic mass is 16.5. The molecular weight excluding hydrogens is 296 g/mol. The summed E-state index contributed by atoms with van der Waals surface area (Å²) in [4.78, 5) is 11.9. The van der Waals surface area contributed by atoms with Crippen LogP contribution in [0.3, 0.4) is 0 Å².